The molecule has 2 nitrogen and oxygen atoms in total. The molecule has 1 aromatic rings. The van der Waals surface area contributed by atoms with Gasteiger partial charge in [-0.15, -0.1) is 0 Å². The van der Waals surface area contributed by atoms with Crippen molar-refractivity contribution >= 4 is 0 Å². The second kappa shape index (κ2) is 4.82. The second-order valence-corrected chi connectivity index (χ2v) is 7.45. The number of epoxide rings is 1. The molecule has 1 saturated heterocycles. The fourth-order valence-electron chi connectivity index (χ4n) is 2.21. The fourth-order valence-corrected chi connectivity index (χ4v) is 2.21. The van der Waals surface area contributed by atoms with E-state index in [4.69, 9.17) is 9.47 Å². The largest absolute Gasteiger partial charge is 0.490 e. The Morgan fingerprint density at radius 1 is 1.05 bits per heavy atom. The maximum atomic E-state index is 6.12. The number of benzene rings is 1. The molecule has 2 rings (SSSR count). The van der Waals surface area contributed by atoms with Crippen LogP contribution in [0.3, 0.4) is 0 Å². The summed E-state index contributed by atoms with van der Waals surface area (Å²) >= 11 is 0. The van der Waals surface area contributed by atoms with Crippen molar-refractivity contribution in [1.29, 1.82) is 0 Å². The molecular weight excluding hydrogens is 236 g/mol. The molecule has 0 aliphatic carbocycles. The van der Waals surface area contributed by atoms with Gasteiger partial charge in [0.15, 0.2) is 0 Å². The van der Waals surface area contributed by atoms with Gasteiger partial charge in [0, 0.05) is 0 Å². The third-order valence-electron chi connectivity index (χ3n) is 3.45. The number of ether oxygens (including phenoxy) is 2. The van der Waals surface area contributed by atoms with Crippen molar-refractivity contribution in [3.05, 3.63) is 29.3 Å². The lowest BCUT2D eigenvalue weighted by Gasteiger charge is -2.29. The molecule has 106 valence electrons. The standard InChI is InChI=1S/C17H26O2/c1-16(2,3)13-8-7-9-14(17(4,5)6)15(13)19-11-12-10-18-12/h7-9,12H,10-11H2,1-6H3. The molecular formula is C17H26O2. The average molecular weight is 262 g/mol. The van der Waals surface area contributed by atoms with Crippen LogP contribution < -0.4 is 4.74 Å². The fraction of sp³-hybridized carbons (Fsp3) is 0.647. The van der Waals surface area contributed by atoms with E-state index in [1.165, 1.54) is 11.1 Å². The van der Waals surface area contributed by atoms with Gasteiger partial charge in [-0.3, -0.25) is 0 Å². The first-order chi connectivity index (χ1) is 8.69. The SMILES string of the molecule is CC(C)(C)c1cccc(C(C)(C)C)c1OCC1CO1. The van der Waals surface area contributed by atoms with Crippen LogP contribution in [0, 0.1) is 0 Å². The van der Waals surface area contributed by atoms with Gasteiger partial charge in [-0.2, -0.15) is 0 Å². The summed E-state index contributed by atoms with van der Waals surface area (Å²) < 4.78 is 11.4. The summed E-state index contributed by atoms with van der Waals surface area (Å²) in [5, 5.41) is 0. The molecule has 1 fully saturated rings. The molecule has 1 heterocycles. The zero-order valence-electron chi connectivity index (χ0n) is 13.0. The van der Waals surface area contributed by atoms with Crippen LogP contribution in [0.15, 0.2) is 18.2 Å². The van der Waals surface area contributed by atoms with Gasteiger partial charge in [0.1, 0.15) is 18.5 Å². The summed E-state index contributed by atoms with van der Waals surface area (Å²) in [7, 11) is 0. The van der Waals surface area contributed by atoms with Crippen molar-refractivity contribution in [1.82, 2.24) is 0 Å². The number of rotatable bonds is 3. The number of para-hydroxylation sites is 1. The first-order valence-corrected chi connectivity index (χ1v) is 7.08. The van der Waals surface area contributed by atoms with Crippen molar-refractivity contribution in [2.45, 2.75) is 58.5 Å². The van der Waals surface area contributed by atoms with E-state index in [9.17, 15) is 0 Å². The Kier molecular flexibility index (Phi) is 3.65. The van der Waals surface area contributed by atoms with Crippen LogP contribution in [0.25, 0.3) is 0 Å². The van der Waals surface area contributed by atoms with Gasteiger partial charge in [-0.25, -0.2) is 0 Å². The van der Waals surface area contributed by atoms with E-state index in [-0.39, 0.29) is 10.8 Å². The molecule has 0 aromatic heterocycles. The summed E-state index contributed by atoms with van der Waals surface area (Å²) in [4.78, 5) is 0. The third kappa shape index (κ3) is 3.50. The second-order valence-electron chi connectivity index (χ2n) is 7.45. The Balaban J connectivity index is 2.41. The molecule has 1 aliphatic rings. The van der Waals surface area contributed by atoms with E-state index < -0.39 is 0 Å². The van der Waals surface area contributed by atoms with Gasteiger partial charge in [-0.1, -0.05) is 59.7 Å². The molecule has 1 aliphatic heterocycles. The van der Waals surface area contributed by atoms with Crippen LogP contribution in [0.1, 0.15) is 52.7 Å². The highest BCUT2D eigenvalue weighted by atomic mass is 16.6. The Morgan fingerprint density at radius 2 is 1.53 bits per heavy atom. The maximum absolute atomic E-state index is 6.12. The Hall–Kier alpha value is -1.02. The highest BCUT2D eigenvalue weighted by Crippen LogP contribution is 2.39. The lowest BCUT2D eigenvalue weighted by atomic mass is 9.79. The Labute approximate surface area is 117 Å². The quantitative estimate of drug-likeness (QED) is 0.766. The monoisotopic (exact) mass is 262 g/mol. The predicted octanol–water partition coefficient (Wildman–Crippen LogP) is 4.06. The minimum absolute atomic E-state index is 0.0843. The van der Waals surface area contributed by atoms with E-state index >= 15 is 0 Å². The van der Waals surface area contributed by atoms with Gasteiger partial charge in [0.25, 0.3) is 0 Å². The summed E-state index contributed by atoms with van der Waals surface area (Å²) in [6.07, 6.45) is 0.292. The normalized spacial score (nSPS) is 19.4. The maximum Gasteiger partial charge on any atom is 0.126 e. The molecule has 1 aromatic carbocycles. The molecule has 0 N–H and O–H groups in total. The highest BCUT2D eigenvalue weighted by molar-refractivity contribution is 5.48. The Morgan fingerprint density at radius 3 is 1.89 bits per heavy atom. The molecule has 2 heteroatoms. The Bertz CT molecular complexity index is 413. The lowest BCUT2D eigenvalue weighted by Crippen LogP contribution is -2.20. The molecule has 0 saturated carbocycles. The minimum Gasteiger partial charge on any atom is -0.490 e. The number of hydrogen-bond donors (Lipinski definition) is 0. The first kappa shape index (κ1) is 14.4. The molecule has 0 amide bonds. The van der Waals surface area contributed by atoms with Crippen molar-refractivity contribution in [3.8, 4) is 5.75 Å². The molecule has 19 heavy (non-hydrogen) atoms. The highest BCUT2D eigenvalue weighted by Gasteiger charge is 2.29. The number of hydrogen-bond acceptors (Lipinski definition) is 2. The van der Waals surface area contributed by atoms with Gasteiger partial charge >= 0.3 is 0 Å². The van der Waals surface area contributed by atoms with Crippen molar-refractivity contribution in [3.63, 3.8) is 0 Å². The summed E-state index contributed by atoms with van der Waals surface area (Å²) in [5.74, 6) is 1.05. The topological polar surface area (TPSA) is 21.8 Å². The van der Waals surface area contributed by atoms with E-state index in [1.807, 2.05) is 0 Å². The third-order valence-corrected chi connectivity index (χ3v) is 3.45. The predicted molar refractivity (Wildman–Crippen MR) is 79.1 cm³/mol. The van der Waals surface area contributed by atoms with Crippen molar-refractivity contribution in [2.24, 2.45) is 0 Å². The molecule has 0 spiro atoms. The van der Waals surface area contributed by atoms with Crippen LogP contribution >= 0.6 is 0 Å². The van der Waals surface area contributed by atoms with Crippen LogP contribution in [0.4, 0.5) is 0 Å². The van der Waals surface area contributed by atoms with E-state index in [2.05, 4.69) is 59.7 Å². The summed E-state index contributed by atoms with van der Waals surface area (Å²) in [6, 6.07) is 6.50. The van der Waals surface area contributed by atoms with Crippen LogP contribution in [0.2, 0.25) is 0 Å². The lowest BCUT2D eigenvalue weighted by molar-refractivity contribution is 0.253. The molecule has 0 bridgehead atoms. The van der Waals surface area contributed by atoms with Gasteiger partial charge in [-0.05, 0) is 22.0 Å². The minimum atomic E-state index is 0.0843. The smallest absolute Gasteiger partial charge is 0.126 e. The average Bonchev–Trinajstić information content (AvgIpc) is 3.07. The molecule has 0 radical (unpaired) electrons. The van der Waals surface area contributed by atoms with Gasteiger partial charge < -0.3 is 9.47 Å². The van der Waals surface area contributed by atoms with Crippen molar-refractivity contribution < 1.29 is 9.47 Å². The first-order valence-electron chi connectivity index (χ1n) is 7.08. The van der Waals surface area contributed by atoms with Crippen molar-refractivity contribution in [2.75, 3.05) is 13.2 Å². The van der Waals surface area contributed by atoms with E-state index in [0.717, 1.165) is 12.4 Å². The van der Waals surface area contributed by atoms with E-state index in [0.29, 0.717) is 12.7 Å². The van der Waals surface area contributed by atoms with Crippen LogP contribution in [-0.4, -0.2) is 19.3 Å². The summed E-state index contributed by atoms with van der Waals surface area (Å²) in [6.45, 7) is 14.9. The molecule has 1 unspecified atom stereocenters. The zero-order chi connectivity index (χ0) is 14.3. The van der Waals surface area contributed by atoms with Crippen LogP contribution in [-0.2, 0) is 15.6 Å². The van der Waals surface area contributed by atoms with E-state index in [1.54, 1.807) is 0 Å². The van der Waals surface area contributed by atoms with Crippen LogP contribution in [0.5, 0.6) is 5.75 Å². The van der Waals surface area contributed by atoms with Gasteiger partial charge in [0.2, 0.25) is 0 Å². The zero-order valence-corrected chi connectivity index (χ0v) is 13.0. The summed E-state index contributed by atoms with van der Waals surface area (Å²) in [5.41, 5.74) is 2.73. The van der Waals surface area contributed by atoms with Gasteiger partial charge in [0.05, 0.1) is 6.61 Å². The molecule has 1 atom stereocenters.